The Hall–Kier alpha value is -2.29. The van der Waals surface area contributed by atoms with Gasteiger partial charge in [0.15, 0.2) is 0 Å². The number of amides is 1. The Balaban J connectivity index is 1.62. The van der Waals surface area contributed by atoms with Crippen molar-refractivity contribution in [1.82, 2.24) is 4.98 Å². The van der Waals surface area contributed by atoms with Crippen LogP contribution in [0.1, 0.15) is 42.2 Å². The Morgan fingerprint density at radius 1 is 1.40 bits per heavy atom. The van der Waals surface area contributed by atoms with Gasteiger partial charge in [0.25, 0.3) is 5.91 Å². The summed E-state index contributed by atoms with van der Waals surface area (Å²) >= 11 is 3.01. The van der Waals surface area contributed by atoms with Crippen LogP contribution in [0.4, 0.5) is 15.8 Å². The van der Waals surface area contributed by atoms with E-state index in [4.69, 9.17) is 5.73 Å². The first-order valence-electron chi connectivity index (χ1n) is 10.1. The van der Waals surface area contributed by atoms with Crippen molar-refractivity contribution < 1.29 is 9.18 Å². The van der Waals surface area contributed by atoms with E-state index in [1.165, 1.54) is 17.4 Å². The first kappa shape index (κ1) is 21.0. The van der Waals surface area contributed by atoms with Gasteiger partial charge in [0.05, 0.1) is 16.3 Å². The van der Waals surface area contributed by atoms with Gasteiger partial charge in [-0.15, -0.1) is 22.7 Å². The van der Waals surface area contributed by atoms with E-state index in [9.17, 15) is 9.18 Å². The van der Waals surface area contributed by atoms with Gasteiger partial charge in [-0.05, 0) is 53.9 Å². The fraction of sp³-hybridized carbons (Fsp3) is 0.364. The highest BCUT2D eigenvalue weighted by atomic mass is 32.1. The number of aromatic nitrogens is 1. The van der Waals surface area contributed by atoms with Crippen LogP contribution < -0.4 is 16.0 Å². The molecule has 1 aliphatic rings. The van der Waals surface area contributed by atoms with Gasteiger partial charge >= 0.3 is 0 Å². The van der Waals surface area contributed by atoms with Crippen molar-refractivity contribution in [2.75, 3.05) is 29.9 Å². The molecule has 2 aromatic heterocycles. The van der Waals surface area contributed by atoms with Gasteiger partial charge in [0, 0.05) is 18.5 Å². The van der Waals surface area contributed by atoms with E-state index in [1.807, 2.05) is 37.4 Å². The minimum absolute atomic E-state index is 0.0494. The smallest absolute Gasteiger partial charge is 0.275 e. The number of halogens is 1. The van der Waals surface area contributed by atoms with Crippen LogP contribution in [0, 0.1) is 11.7 Å². The Morgan fingerprint density at radius 2 is 2.23 bits per heavy atom. The molecule has 0 radical (unpaired) electrons. The molecule has 30 heavy (non-hydrogen) atoms. The molecule has 5 nitrogen and oxygen atoms in total. The van der Waals surface area contributed by atoms with E-state index < -0.39 is 0 Å². The SMILES string of the molecule is CC(C)c1cc(N2CCC(CN)C2)c(NC(=O)c2csc(-c3cccs3)n2)cc1F. The quantitative estimate of drug-likeness (QED) is 0.550. The van der Waals surface area contributed by atoms with Gasteiger partial charge in [0.1, 0.15) is 16.5 Å². The zero-order chi connectivity index (χ0) is 21.3. The van der Waals surface area contributed by atoms with E-state index in [2.05, 4.69) is 15.2 Å². The number of anilines is 2. The molecule has 3 aromatic rings. The summed E-state index contributed by atoms with van der Waals surface area (Å²) in [6.07, 6.45) is 0.995. The average molecular weight is 445 g/mol. The molecular weight excluding hydrogens is 419 g/mol. The summed E-state index contributed by atoms with van der Waals surface area (Å²) in [7, 11) is 0. The number of thiophene rings is 1. The van der Waals surface area contributed by atoms with Gasteiger partial charge in [-0.2, -0.15) is 0 Å². The highest BCUT2D eigenvalue weighted by molar-refractivity contribution is 7.20. The van der Waals surface area contributed by atoms with Crippen molar-refractivity contribution in [3.8, 4) is 9.88 Å². The van der Waals surface area contributed by atoms with E-state index in [1.54, 1.807) is 16.7 Å². The van der Waals surface area contributed by atoms with Gasteiger partial charge in [-0.25, -0.2) is 9.37 Å². The first-order chi connectivity index (χ1) is 14.5. The molecule has 1 aliphatic heterocycles. The van der Waals surface area contributed by atoms with Crippen LogP contribution in [-0.4, -0.2) is 30.5 Å². The summed E-state index contributed by atoms with van der Waals surface area (Å²) in [5.74, 6) is -0.181. The molecule has 4 rings (SSSR count). The monoisotopic (exact) mass is 444 g/mol. The van der Waals surface area contributed by atoms with Crippen LogP contribution in [0.3, 0.4) is 0 Å². The highest BCUT2D eigenvalue weighted by Gasteiger charge is 2.26. The summed E-state index contributed by atoms with van der Waals surface area (Å²) in [5, 5.41) is 7.42. The van der Waals surface area contributed by atoms with Crippen LogP contribution in [-0.2, 0) is 0 Å². The summed E-state index contributed by atoms with van der Waals surface area (Å²) in [6.45, 7) is 6.21. The fourth-order valence-corrected chi connectivity index (χ4v) is 5.32. The van der Waals surface area contributed by atoms with Gasteiger partial charge in [-0.3, -0.25) is 4.79 Å². The molecule has 1 fully saturated rings. The molecule has 0 aliphatic carbocycles. The molecule has 3 N–H and O–H groups in total. The third-order valence-electron chi connectivity index (χ3n) is 5.41. The van der Waals surface area contributed by atoms with Crippen molar-refractivity contribution in [3.63, 3.8) is 0 Å². The van der Waals surface area contributed by atoms with Gasteiger partial charge in [0.2, 0.25) is 0 Å². The minimum Gasteiger partial charge on any atom is -0.370 e. The van der Waals surface area contributed by atoms with Crippen molar-refractivity contribution in [2.24, 2.45) is 11.7 Å². The predicted molar refractivity (Wildman–Crippen MR) is 123 cm³/mol. The summed E-state index contributed by atoms with van der Waals surface area (Å²) in [4.78, 5) is 20.6. The lowest BCUT2D eigenvalue weighted by atomic mass is 10.0. The molecule has 0 saturated carbocycles. The number of nitrogens with one attached hydrogen (secondary N) is 1. The number of carbonyl (C=O) groups is 1. The number of hydrogen-bond acceptors (Lipinski definition) is 6. The van der Waals surface area contributed by atoms with E-state index in [-0.39, 0.29) is 17.6 Å². The molecular formula is C22H25FN4OS2. The van der Waals surface area contributed by atoms with Gasteiger partial charge < -0.3 is 16.0 Å². The fourth-order valence-electron chi connectivity index (χ4n) is 3.70. The Labute approximate surface area is 183 Å². The molecule has 158 valence electrons. The van der Waals surface area contributed by atoms with Crippen LogP contribution in [0.2, 0.25) is 0 Å². The van der Waals surface area contributed by atoms with Crippen molar-refractivity contribution in [1.29, 1.82) is 0 Å². The maximum atomic E-state index is 14.8. The molecule has 1 atom stereocenters. The summed E-state index contributed by atoms with van der Waals surface area (Å²) in [5.41, 5.74) is 8.16. The lowest BCUT2D eigenvalue weighted by Gasteiger charge is -2.24. The van der Waals surface area contributed by atoms with Gasteiger partial charge in [-0.1, -0.05) is 19.9 Å². The largest absolute Gasteiger partial charge is 0.370 e. The second-order valence-corrected chi connectivity index (χ2v) is 9.66. The minimum atomic E-state index is -0.332. The van der Waals surface area contributed by atoms with Crippen molar-refractivity contribution in [3.05, 3.63) is 52.1 Å². The van der Waals surface area contributed by atoms with E-state index in [0.29, 0.717) is 29.4 Å². The predicted octanol–water partition coefficient (Wildman–Crippen LogP) is 5.17. The Kier molecular flexibility index (Phi) is 6.17. The van der Waals surface area contributed by atoms with Crippen molar-refractivity contribution in [2.45, 2.75) is 26.2 Å². The maximum absolute atomic E-state index is 14.8. The maximum Gasteiger partial charge on any atom is 0.275 e. The standard InChI is InChI=1S/C22H25FN4OS2/c1-13(2)15-8-19(27-6-5-14(10-24)11-27)17(9-16(15)23)25-21(28)18-12-30-22(26-18)20-4-3-7-29-20/h3-4,7-9,12-14H,5-6,10-11,24H2,1-2H3,(H,25,28). The molecule has 1 amide bonds. The van der Waals surface area contributed by atoms with Crippen molar-refractivity contribution >= 4 is 40.0 Å². The molecule has 3 heterocycles. The number of carbonyl (C=O) groups excluding carboxylic acids is 1. The molecule has 0 bridgehead atoms. The Morgan fingerprint density at radius 3 is 2.90 bits per heavy atom. The molecule has 0 spiro atoms. The lowest BCUT2D eigenvalue weighted by Crippen LogP contribution is -2.25. The van der Waals surface area contributed by atoms with E-state index >= 15 is 0 Å². The van der Waals surface area contributed by atoms with Crippen LogP contribution in [0.15, 0.2) is 35.0 Å². The van der Waals surface area contributed by atoms with E-state index in [0.717, 1.165) is 35.1 Å². The first-order valence-corrected chi connectivity index (χ1v) is 11.8. The summed E-state index contributed by atoms with van der Waals surface area (Å²) < 4.78 is 14.8. The second kappa shape index (κ2) is 8.83. The number of hydrogen-bond donors (Lipinski definition) is 2. The summed E-state index contributed by atoms with van der Waals surface area (Å²) in [6, 6.07) is 7.24. The second-order valence-electron chi connectivity index (χ2n) is 7.85. The normalized spacial score (nSPS) is 16.4. The Bertz CT molecular complexity index is 1030. The number of nitrogens with zero attached hydrogens (tertiary/aromatic N) is 2. The third kappa shape index (κ3) is 4.26. The van der Waals surface area contributed by atoms with Crippen LogP contribution in [0.25, 0.3) is 9.88 Å². The molecule has 1 saturated heterocycles. The number of benzene rings is 1. The lowest BCUT2D eigenvalue weighted by molar-refractivity contribution is 0.102. The number of thiazole rings is 1. The number of nitrogens with two attached hydrogens (primary N) is 1. The highest BCUT2D eigenvalue weighted by Crippen LogP contribution is 2.36. The topological polar surface area (TPSA) is 71.2 Å². The van der Waals surface area contributed by atoms with Crippen LogP contribution in [0.5, 0.6) is 0 Å². The third-order valence-corrected chi connectivity index (χ3v) is 7.30. The zero-order valence-corrected chi connectivity index (χ0v) is 18.7. The molecule has 1 unspecified atom stereocenters. The average Bonchev–Trinajstić information content (AvgIpc) is 3.48. The van der Waals surface area contributed by atoms with Crippen LogP contribution >= 0.6 is 22.7 Å². The zero-order valence-electron chi connectivity index (χ0n) is 17.0. The molecule has 8 heteroatoms. The number of rotatable bonds is 6. The molecule has 1 aromatic carbocycles.